The number of carbonyl (C=O) groups is 1. The Morgan fingerprint density at radius 1 is 1.00 bits per heavy atom. The lowest BCUT2D eigenvalue weighted by Crippen LogP contribution is -2.30. The molecule has 2 aliphatic heterocycles. The topological polar surface area (TPSA) is 35.9 Å². The lowest BCUT2D eigenvalue weighted by molar-refractivity contribution is -0.130. The summed E-state index contributed by atoms with van der Waals surface area (Å²) >= 11 is 7.05. The molecule has 166 valence electrons. The molecule has 1 unspecified atom stereocenters. The zero-order valence-corrected chi connectivity index (χ0v) is 20.0. The zero-order chi connectivity index (χ0) is 21.9. The molecule has 0 saturated carbocycles. The highest BCUT2D eigenvalue weighted by atomic mass is 32.2. The van der Waals surface area contributed by atoms with Gasteiger partial charge in [-0.15, -0.1) is 0 Å². The molecule has 0 N–H and O–H groups in total. The first-order valence-corrected chi connectivity index (χ1v) is 13.1. The second kappa shape index (κ2) is 9.75. The molecular formula is C26H29N3OS2. The Hall–Kier alpha value is -2.18. The van der Waals surface area contributed by atoms with Crippen molar-refractivity contribution in [3.63, 3.8) is 0 Å². The van der Waals surface area contributed by atoms with Crippen molar-refractivity contribution < 1.29 is 4.79 Å². The molecular weight excluding hydrogens is 434 g/mol. The standard InChI is InChI=1S/C26H29N3OS2/c30-25(18-32-26(31)28-14-6-7-15-28)29-24(20-9-2-1-3-10-20)17-23(27-29)22-13-12-19-8-4-5-11-21(19)16-22/h1-3,9-10,12-13,16,24H,4-8,11,14-15,17-18H2. The monoisotopic (exact) mass is 463 g/mol. The number of likely N-dealkylation sites (tertiary alicyclic amines) is 1. The summed E-state index contributed by atoms with van der Waals surface area (Å²) in [5.41, 5.74) is 6.21. The van der Waals surface area contributed by atoms with Crippen LogP contribution in [0.15, 0.2) is 53.6 Å². The summed E-state index contributed by atoms with van der Waals surface area (Å²) in [6.07, 6.45) is 7.97. The predicted octanol–water partition coefficient (Wildman–Crippen LogP) is 5.36. The van der Waals surface area contributed by atoms with Gasteiger partial charge in [-0.3, -0.25) is 4.79 Å². The summed E-state index contributed by atoms with van der Waals surface area (Å²) < 4.78 is 0.838. The Bertz CT molecular complexity index is 1030. The number of hydrogen-bond donors (Lipinski definition) is 0. The number of benzene rings is 2. The van der Waals surface area contributed by atoms with Gasteiger partial charge >= 0.3 is 0 Å². The lowest BCUT2D eigenvalue weighted by Gasteiger charge is -2.23. The number of hydrogen-bond acceptors (Lipinski definition) is 4. The molecule has 1 aliphatic carbocycles. The highest BCUT2D eigenvalue weighted by molar-refractivity contribution is 8.23. The van der Waals surface area contributed by atoms with E-state index in [0.717, 1.165) is 47.1 Å². The van der Waals surface area contributed by atoms with Crippen LogP contribution in [0.3, 0.4) is 0 Å². The Labute approximate surface area is 200 Å². The van der Waals surface area contributed by atoms with Gasteiger partial charge in [0.1, 0.15) is 4.32 Å². The molecule has 4 nitrogen and oxygen atoms in total. The van der Waals surface area contributed by atoms with Crippen molar-refractivity contribution >= 4 is 39.9 Å². The van der Waals surface area contributed by atoms with Crippen molar-refractivity contribution in [3.05, 3.63) is 70.8 Å². The van der Waals surface area contributed by atoms with E-state index in [1.807, 2.05) is 18.2 Å². The first kappa shape index (κ1) is 21.7. The molecule has 1 atom stereocenters. The van der Waals surface area contributed by atoms with Crippen LogP contribution in [0.2, 0.25) is 0 Å². The molecule has 32 heavy (non-hydrogen) atoms. The van der Waals surface area contributed by atoms with Crippen LogP contribution in [-0.2, 0) is 17.6 Å². The largest absolute Gasteiger partial charge is 0.358 e. The van der Waals surface area contributed by atoms with Crippen molar-refractivity contribution in [2.45, 2.75) is 51.0 Å². The normalized spacial score (nSPS) is 20.2. The van der Waals surface area contributed by atoms with E-state index < -0.39 is 0 Å². The van der Waals surface area contributed by atoms with Crippen LogP contribution < -0.4 is 0 Å². The van der Waals surface area contributed by atoms with Crippen LogP contribution in [0.4, 0.5) is 0 Å². The number of rotatable bonds is 4. The van der Waals surface area contributed by atoms with Gasteiger partial charge in [-0.25, -0.2) is 5.01 Å². The summed E-state index contributed by atoms with van der Waals surface area (Å²) in [7, 11) is 0. The van der Waals surface area contributed by atoms with E-state index in [9.17, 15) is 4.79 Å². The van der Waals surface area contributed by atoms with Gasteiger partial charge in [0.25, 0.3) is 5.91 Å². The van der Waals surface area contributed by atoms with Gasteiger partial charge in [0.15, 0.2) is 0 Å². The Balaban J connectivity index is 1.36. The molecule has 2 aromatic carbocycles. The van der Waals surface area contributed by atoms with Crippen LogP contribution in [0, 0.1) is 0 Å². The minimum atomic E-state index is -0.0595. The average molecular weight is 464 g/mol. The number of carbonyl (C=O) groups excluding carboxylic acids is 1. The zero-order valence-electron chi connectivity index (χ0n) is 18.3. The number of nitrogens with zero attached hydrogens (tertiary/aromatic N) is 3. The fourth-order valence-corrected chi connectivity index (χ4v) is 6.05. The Kier molecular flexibility index (Phi) is 6.60. The summed E-state index contributed by atoms with van der Waals surface area (Å²) in [5.74, 6) is 0.359. The first-order valence-electron chi connectivity index (χ1n) is 11.7. The molecule has 0 bridgehead atoms. The Morgan fingerprint density at radius 2 is 1.75 bits per heavy atom. The van der Waals surface area contributed by atoms with Crippen LogP contribution in [0.25, 0.3) is 0 Å². The summed E-state index contributed by atoms with van der Waals surface area (Å²) in [4.78, 5) is 15.5. The number of thioether (sulfide) groups is 1. The third kappa shape index (κ3) is 4.62. The van der Waals surface area contributed by atoms with Crippen LogP contribution in [-0.4, -0.2) is 44.7 Å². The molecule has 3 aliphatic rings. The number of thiocarbonyl (C=S) groups is 1. The van der Waals surface area contributed by atoms with Gasteiger partial charge in [-0.1, -0.05) is 66.4 Å². The summed E-state index contributed by atoms with van der Waals surface area (Å²) in [6, 6.07) is 17.0. The van der Waals surface area contributed by atoms with E-state index in [0.29, 0.717) is 5.75 Å². The maximum atomic E-state index is 13.3. The minimum Gasteiger partial charge on any atom is -0.358 e. The quantitative estimate of drug-likeness (QED) is 0.572. The number of amides is 1. The second-order valence-electron chi connectivity index (χ2n) is 8.85. The van der Waals surface area contributed by atoms with Gasteiger partial charge in [0, 0.05) is 19.5 Å². The SMILES string of the molecule is O=C(CSC(=S)N1CCCC1)N1N=C(c2ccc3c(c2)CCCC3)CC1c1ccccc1. The molecule has 1 saturated heterocycles. The van der Waals surface area contributed by atoms with E-state index in [1.54, 1.807) is 5.01 Å². The lowest BCUT2D eigenvalue weighted by atomic mass is 9.89. The highest BCUT2D eigenvalue weighted by Gasteiger charge is 2.33. The summed E-state index contributed by atoms with van der Waals surface area (Å²) in [6.45, 7) is 2.02. The molecule has 1 amide bonds. The summed E-state index contributed by atoms with van der Waals surface area (Å²) in [5, 5.41) is 6.58. The van der Waals surface area contributed by atoms with E-state index in [1.165, 1.54) is 55.0 Å². The highest BCUT2D eigenvalue weighted by Crippen LogP contribution is 2.34. The second-order valence-corrected chi connectivity index (χ2v) is 10.5. The molecule has 0 radical (unpaired) electrons. The van der Waals surface area contributed by atoms with Crippen molar-refractivity contribution in [2.75, 3.05) is 18.8 Å². The third-order valence-electron chi connectivity index (χ3n) is 6.72. The smallest absolute Gasteiger partial charge is 0.253 e. The molecule has 0 aromatic heterocycles. The number of fused-ring (bicyclic) bond motifs is 1. The molecule has 2 heterocycles. The van der Waals surface area contributed by atoms with E-state index >= 15 is 0 Å². The van der Waals surface area contributed by atoms with E-state index in [-0.39, 0.29) is 11.9 Å². The van der Waals surface area contributed by atoms with Crippen LogP contribution in [0.1, 0.15) is 60.4 Å². The van der Waals surface area contributed by atoms with E-state index in [4.69, 9.17) is 17.3 Å². The minimum absolute atomic E-state index is 0.0263. The maximum absolute atomic E-state index is 13.3. The third-order valence-corrected chi connectivity index (χ3v) is 8.22. The van der Waals surface area contributed by atoms with E-state index in [2.05, 4.69) is 35.2 Å². The fourth-order valence-electron chi connectivity index (χ4n) is 4.94. The van der Waals surface area contributed by atoms with Crippen molar-refractivity contribution in [1.82, 2.24) is 9.91 Å². The van der Waals surface area contributed by atoms with Crippen LogP contribution >= 0.6 is 24.0 Å². The molecule has 2 aromatic rings. The van der Waals surface area contributed by atoms with Gasteiger partial charge < -0.3 is 4.90 Å². The van der Waals surface area contributed by atoms with Crippen LogP contribution in [0.5, 0.6) is 0 Å². The Morgan fingerprint density at radius 3 is 2.53 bits per heavy atom. The van der Waals surface area contributed by atoms with Gasteiger partial charge in [-0.2, -0.15) is 5.10 Å². The predicted molar refractivity (Wildman–Crippen MR) is 136 cm³/mol. The van der Waals surface area contributed by atoms with Crippen molar-refractivity contribution in [3.8, 4) is 0 Å². The fraction of sp³-hybridized carbons (Fsp3) is 0.423. The maximum Gasteiger partial charge on any atom is 0.253 e. The molecule has 5 rings (SSSR count). The first-order chi connectivity index (χ1) is 15.7. The van der Waals surface area contributed by atoms with Crippen molar-refractivity contribution in [1.29, 1.82) is 0 Å². The average Bonchev–Trinajstić information content (AvgIpc) is 3.53. The van der Waals surface area contributed by atoms with Gasteiger partial charge in [0.2, 0.25) is 0 Å². The number of aryl methyl sites for hydroxylation is 2. The number of hydrazone groups is 1. The van der Waals surface area contributed by atoms with Gasteiger partial charge in [0.05, 0.1) is 17.5 Å². The van der Waals surface area contributed by atoms with Crippen molar-refractivity contribution in [2.24, 2.45) is 5.10 Å². The van der Waals surface area contributed by atoms with Gasteiger partial charge in [-0.05, 0) is 66.8 Å². The molecule has 6 heteroatoms. The molecule has 0 spiro atoms. The molecule has 1 fully saturated rings.